The van der Waals surface area contributed by atoms with E-state index in [-0.39, 0.29) is 24.3 Å². The third-order valence-electron chi connectivity index (χ3n) is 6.28. The summed E-state index contributed by atoms with van der Waals surface area (Å²) in [5.74, 6) is 6.07. The molecule has 5 rings (SSSR count). The number of aromatic amines is 1. The Labute approximate surface area is 168 Å². The van der Waals surface area contributed by atoms with Crippen molar-refractivity contribution in [1.29, 1.82) is 0 Å². The SMILES string of the molecule is COc1ccccc1[C@H]1CN2C(=O)CN(N)C(=O)[C@]2(C)c2[nH]c3ccccc3c21. The fourth-order valence-electron chi connectivity index (χ4n) is 4.87. The Hall–Kier alpha value is -3.32. The highest BCUT2D eigenvalue weighted by Crippen LogP contribution is 2.49. The molecule has 0 saturated carbocycles. The number of methoxy groups -OCH3 is 1. The van der Waals surface area contributed by atoms with Crippen LogP contribution in [-0.4, -0.2) is 46.9 Å². The smallest absolute Gasteiger partial charge is 0.268 e. The molecule has 2 aliphatic heterocycles. The van der Waals surface area contributed by atoms with Crippen molar-refractivity contribution in [2.75, 3.05) is 20.2 Å². The average molecular weight is 390 g/mol. The van der Waals surface area contributed by atoms with Crippen LogP contribution in [0.5, 0.6) is 5.75 Å². The van der Waals surface area contributed by atoms with Crippen molar-refractivity contribution in [2.45, 2.75) is 18.4 Å². The number of hydrogen-bond acceptors (Lipinski definition) is 4. The Balaban J connectivity index is 1.83. The van der Waals surface area contributed by atoms with Gasteiger partial charge in [-0.3, -0.25) is 14.6 Å². The number of carbonyl (C=O) groups is 2. The van der Waals surface area contributed by atoms with Gasteiger partial charge in [0.05, 0.1) is 12.8 Å². The fourth-order valence-corrected chi connectivity index (χ4v) is 4.87. The summed E-state index contributed by atoms with van der Waals surface area (Å²) in [4.78, 5) is 31.2. The lowest BCUT2D eigenvalue weighted by molar-refractivity contribution is -0.166. The first-order valence-corrected chi connectivity index (χ1v) is 9.58. The fraction of sp³-hybridized carbons (Fsp3) is 0.273. The van der Waals surface area contributed by atoms with Crippen molar-refractivity contribution in [3.63, 3.8) is 0 Å². The summed E-state index contributed by atoms with van der Waals surface area (Å²) in [5.41, 5.74) is 2.47. The quantitative estimate of drug-likeness (QED) is 0.518. The number of nitrogens with two attached hydrogens (primary N) is 1. The van der Waals surface area contributed by atoms with Crippen LogP contribution in [0.4, 0.5) is 0 Å². The van der Waals surface area contributed by atoms with Crippen molar-refractivity contribution in [1.82, 2.24) is 14.9 Å². The number of para-hydroxylation sites is 2. The van der Waals surface area contributed by atoms with Crippen molar-refractivity contribution in [2.24, 2.45) is 5.84 Å². The lowest BCUT2D eigenvalue weighted by atomic mass is 9.76. The number of fused-ring (bicyclic) bond motifs is 5. The lowest BCUT2D eigenvalue weighted by Gasteiger charge is -2.50. The van der Waals surface area contributed by atoms with Gasteiger partial charge in [-0.05, 0) is 24.6 Å². The second kappa shape index (κ2) is 6.09. The van der Waals surface area contributed by atoms with E-state index in [4.69, 9.17) is 10.6 Å². The molecule has 0 unspecified atom stereocenters. The van der Waals surface area contributed by atoms with E-state index in [0.29, 0.717) is 12.2 Å². The maximum Gasteiger partial charge on any atom is 0.268 e. The Bertz CT molecular complexity index is 1150. The molecule has 0 bridgehead atoms. The first-order chi connectivity index (χ1) is 14.0. The average Bonchev–Trinajstić information content (AvgIpc) is 3.13. The van der Waals surface area contributed by atoms with E-state index in [0.717, 1.165) is 32.8 Å². The molecule has 3 heterocycles. The number of benzene rings is 2. The number of nitrogens with zero attached hydrogens (tertiary/aromatic N) is 2. The molecule has 0 radical (unpaired) electrons. The molecule has 148 valence electrons. The number of amides is 2. The molecule has 3 aromatic rings. The summed E-state index contributed by atoms with van der Waals surface area (Å²) in [7, 11) is 1.64. The van der Waals surface area contributed by atoms with E-state index in [1.54, 1.807) is 18.9 Å². The summed E-state index contributed by atoms with van der Waals surface area (Å²) < 4.78 is 5.62. The first-order valence-electron chi connectivity index (χ1n) is 9.58. The van der Waals surface area contributed by atoms with Gasteiger partial charge in [0.15, 0.2) is 5.54 Å². The highest BCUT2D eigenvalue weighted by Gasteiger charge is 2.56. The van der Waals surface area contributed by atoms with Crippen LogP contribution in [0.2, 0.25) is 0 Å². The zero-order chi connectivity index (χ0) is 20.3. The van der Waals surface area contributed by atoms with E-state index >= 15 is 0 Å². The number of H-pyrrole nitrogens is 1. The minimum atomic E-state index is -1.17. The molecule has 1 fully saturated rings. The number of piperazine rings is 1. The predicted octanol–water partition coefficient (Wildman–Crippen LogP) is 2.08. The Morgan fingerprint density at radius 1 is 1.14 bits per heavy atom. The predicted molar refractivity (Wildman–Crippen MR) is 108 cm³/mol. The molecule has 0 spiro atoms. The maximum atomic E-state index is 13.2. The molecule has 7 heteroatoms. The number of carbonyl (C=O) groups excluding carboxylic acids is 2. The number of nitrogens with one attached hydrogen (secondary N) is 1. The molecule has 2 amide bonds. The zero-order valence-electron chi connectivity index (χ0n) is 16.3. The van der Waals surface area contributed by atoms with Crippen LogP contribution in [0.1, 0.15) is 29.7 Å². The normalized spacial score (nSPS) is 23.9. The van der Waals surface area contributed by atoms with Gasteiger partial charge in [0.2, 0.25) is 5.91 Å². The van der Waals surface area contributed by atoms with E-state index in [2.05, 4.69) is 4.98 Å². The summed E-state index contributed by atoms with van der Waals surface area (Å²) >= 11 is 0. The summed E-state index contributed by atoms with van der Waals surface area (Å²) in [5, 5.41) is 2.06. The monoisotopic (exact) mass is 390 g/mol. The third kappa shape index (κ3) is 2.28. The van der Waals surface area contributed by atoms with Crippen LogP contribution in [0.15, 0.2) is 48.5 Å². The molecule has 1 saturated heterocycles. The highest BCUT2D eigenvalue weighted by molar-refractivity contribution is 6.01. The van der Waals surface area contributed by atoms with Crippen LogP contribution >= 0.6 is 0 Å². The number of ether oxygens (including phenoxy) is 1. The van der Waals surface area contributed by atoms with Gasteiger partial charge in [-0.15, -0.1) is 0 Å². The Morgan fingerprint density at radius 3 is 2.66 bits per heavy atom. The summed E-state index contributed by atoms with van der Waals surface area (Å²) in [6.45, 7) is 2.03. The van der Waals surface area contributed by atoms with Gasteiger partial charge >= 0.3 is 0 Å². The molecule has 0 aliphatic carbocycles. The van der Waals surface area contributed by atoms with Gasteiger partial charge in [-0.2, -0.15) is 0 Å². The van der Waals surface area contributed by atoms with Gasteiger partial charge in [-0.25, -0.2) is 5.84 Å². The van der Waals surface area contributed by atoms with E-state index < -0.39 is 5.54 Å². The van der Waals surface area contributed by atoms with Crippen LogP contribution in [0, 0.1) is 0 Å². The number of hydrogen-bond donors (Lipinski definition) is 2. The highest BCUT2D eigenvalue weighted by atomic mass is 16.5. The molecule has 29 heavy (non-hydrogen) atoms. The van der Waals surface area contributed by atoms with E-state index in [9.17, 15) is 9.59 Å². The minimum Gasteiger partial charge on any atom is -0.496 e. The van der Waals surface area contributed by atoms with E-state index in [1.165, 1.54) is 0 Å². The molecule has 2 atom stereocenters. The molecule has 2 aromatic carbocycles. The topological polar surface area (TPSA) is 91.7 Å². The van der Waals surface area contributed by atoms with Gasteiger partial charge in [0.1, 0.15) is 12.3 Å². The first kappa shape index (κ1) is 17.8. The second-order valence-electron chi connectivity index (χ2n) is 7.76. The maximum absolute atomic E-state index is 13.2. The molecule has 7 nitrogen and oxygen atoms in total. The van der Waals surface area contributed by atoms with Crippen molar-refractivity contribution >= 4 is 22.7 Å². The van der Waals surface area contributed by atoms with Gasteiger partial charge in [0, 0.05) is 28.9 Å². The number of aromatic nitrogens is 1. The molecule has 2 aliphatic rings. The van der Waals surface area contributed by atoms with Crippen LogP contribution in [0.3, 0.4) is 0 Å². The van der Waals surface area contributed by atoms with Crippen molar-refractivity contribution < 1.29 is 14.3 Å². The van der Waals surface area contributed by atoms with Gasteiger partial charge in [0.25, 0.3) is 5.91 Å². The van der Waals surface area contributed by atoms with Crippen LogP contribution in [-0.2, 0) is 15.1 Å². The molecule has 3 N–H and O–H groups in total. The standard InChI is InChI=1S/C22H22N4O3/c1-22-20-19(14-8-3-5-9-16(14)24-20)15(13-7-4-6-10-17(13)29-2)11-25(22)18(27)12-26(23)21(22)28/h3-10,15,24H,11-12,23H2,1-2H3/t15-,22+/m1/s1. The van der Waals surface area contributed by atoms with Crippen molar-refractivity contribution in [3.8, 4) is 5.75 Å². The number of hydrazine groups is 1. The Morgan fingerprint density at radius 2 is 1.86 bits per heavy atom. The molecular formula is C22H22N4O3. The van der Waals surface area contributed by atoms with Gasteiger partial charge < -0.3 is 14.6 Å². The number of rotatable bonds is 2. The molecule has 1 aromatic heterocycles. The molecular weight excluding hydrogens is 368 g/mol. The lowest BCUT2D eigenvalue weighted by Crippen LogP contribution is -2.68. The van der Waals surface area contributed by atoms with Crippen molar-refractivity contribution in [3.05, 3.63) is 65.4 Å². The van der Waals surface area contributed by atoms with Crippen LogP contribution < -0.4 is 10.6 Å². The summed E-state index contributed by atoms with van der Waals surface area (Å²) in [6, 6.07) is 15.8. The van der Waals surface area contributed by atoms with E-state index in [1.807, 2.05) is 48.5 Å². The Kier molecular flexibility index (Phi) is 3.73. The third-order valence-corrected chi connectivity index (χ3v) is 6.28. The summed E-state index contributed by atoms with van der Waals surface area (Å²) in [6.07, 6.45) is 0. The minimum absolute atomic E-state index is 0.122. The largest absolute Gasteiger partial charge is 0.496 e. The second-order valence-corrected chi connectivity index (χ2v) is 7.76. The van der Waals surface area contributed by atoms with Gasteiger partial charge in [-0.1, -0.05) is 36.4 Å². The zero-order valence-corrected chi connectivity index (χ0v) is 16.3. The van der Waals surface area contributed by atoms with Crippen LogP contribution in [0.25, 0.3) is 10.9 Å².